The lowest BCUT2D eigenvalue weighted by Crippen LogP contribution is -2.65. The number of carbonyl (C=O) groups is 2. The lowest BCUT2D eigenvalue weighted by Gasteiger charge is -2.43. The molecule has 0 aromatic heterocycles. The third kappa shape index (κ3) is 5.16. The number of hydrogen-bond donors (Lipinski definition) is 5. The van der Waals surface area contributed by atoms with Gasteiger partial charge in [0.05, 0.1) is 6.61 Å². The molecule has 1 unspecified atom stereocenters. The average Bonchev–Trinajstić information content (AvgIpc) is 2.51. The van der Waals surface area contributed by atoms with Gasteiger partial charge in [-0.1, -0.05) is 0 Å². The van der Waals surface area contributed by atoms with Crippen molar-refractivity contribution in [2.45, 2.75) is 56.5 Å². The third-order valence-electron chi connectivity index (χ3n) is 3.41. The largest absolute Gasteiger partial charge is 0.479 e. The molecule has 0 aliphatic carbocycles. The van der Waals surface area contributed by atoms with Gasteiger partial charge in [0.2, 0.25) is 5.91 Å². The number of amides is 1. The molecule has 0 aromatic carbocycles. The SMILES string of the molecule is C#CCCC(=O)N[C@H]1C(O)O[C@H](CO)[C@@H](O)[C@@H]1O[C@H](C)C(=O)O. The van der Waals surface area contributed by atoms with Crippen molar-refractivity contribution < 1.29 is 39.5 Å². The molecule has 0 aromatic rings. The summed E-state index contributed by atoms with van der Waals surface area (Å²) >= 11 is 0. The van der Waals surface area contributed by atoms with Crippen molar-refractivity contribution in [1.29, 1.82) is 0 Å². The topological polar surface area (TPSA) is 146 Å². The van der Waals surface area contributed by atoms with Gasteiger partial charge >= 0.3 is 5.97 Å². The van der Waals surface area contributed by atoms with E-state index in [0.717, 1.165) is 0 Å². The summed E-state index contributed by atoms with van der Waals surface area (Å²) in [6, 6.07) is -1.21. The zero-order chi connectivity index (χ0) is 17.6. The summed E-state index contributed by atoms with van der Waals surface area (Å²) in [4.78, 5) is 22.7. The molecule has 1 saturated heterocycles. The molecule has 130 valence electrons. The minimum atomic E-state index is -1.59. The van der Waals surface area contributed by atoms with Gasteiger partial charge < -0.3 is 35.2 Å². The number of aliphatic carboxylic acids is 1. The summed E-state index contributed by atoms with van der Waals surface area (Å²) in [5.74, 6) is 0.491. The van der Waals surface area contributed by atoms with E-state index >= 15 is 0 Å². The summed E-state index contributed by atoms with van der Waals surface area (Å²) in [5, 5.41) is 40.6. The number of nitrogens with one attached hydrogen (secondary N) is 1. The summed E-state index contributed by atoms with van der Waals surface area (Å²) in [5.41, 5.74) is 0. The second kappa shape index (κ2) is 8.81. The van der Waals surface area contributed by atoms with E-state index in [2.05, 4.69) is 11.2 Å². The second-order valence-corrected chi connectivity index (χ2v) is 5.12. The molecule has 9 nitrogen and oxygen atoms in total. The Balaban J connectivity index is 2.89. The zero-order valence-electron chi connectivity index (χ0n) is 12.6. The molecule has 1 aliphatic rings. The van der Waals surface area contributed by atoms with Crippen LogP contribution in [0, 0.1) is 12.3 Å². The normalized spacial score (nSPS) is 31.9. The van der Waals surface area contributed by atoms with E-state index in [4.69, 9.17) is 26.1 Å². The molecule has 5 N–H and O–H groups in total. The smallest absolute Gasteiger partial charge is 0.332 e. The molecule has 1 fully saturated rings. The highest BCUT2D eigenvalue weighted by atomic mass is 16.6. The van der Waals surface area contributed by atoms with Crippen molar-refractivity contribution in [1.82, 2.24) is 5.32 Å². The fourth-order valence-corrected chi connectivity index (χ4v) is 2.14. The van der Waals surface area contributed by atoms with Gasteiger partial charge in [-0.15, -0.1) is 12.3 Å². The number of carbonyl (C=O) groups excluding carboxylic acids is 1. The summed E-state index contributed by atoms with van der Waals surface area (Å²) in [6.07, 6.45) is -1.56. The number of hydrogen-bond acceptors (Lipinski definition) is 7. The molecule has 1 aliphatic heterocycles. The summed E-state index contributed by atoms with van der Waals surface area (Å²) in [6.45, 7) is 0.624. The minimum Gasteiger partial charge on any atom is -0.479 e. The third-order valence-corrected chi connectivity index (χ3v) is 3.41. The first-order valence-corrected chi connectivity index (χ1v) is 7.05. The van der Waals surface area contributed by atoms with E-state index in [1.54, 1.807) is 0 Å². The van der Waals surface area contributed by atoms with Crippen molar-refractivity contribution in [2.75, 3.05) is 6.61 Å². The molecule has 0 spiro atoms. The van der Waals surface area contributed by atoms with Crippen LogP contribution in [-0.4, -0.2) is 75.7 Å². The molecule has 9 heteroatoms. The van der Waals surface area contributed by atoms with Crippen LogP contribution in [0.25, 0.3) is 0 Å². The Morgan fingerprint density at radius 2 is 2.09 bits per heavy atom. The van der Waals surface area contributed by atoms with Crippen LogP contribution in [0.4, 0.5) is 0 Å². The highest BCUT2D eigenvalue weighted by molar-refractivity contribution is 5.76. The molecule has 0 saturated carbocycles. The first-order chi connectivity index (χ1) is 10.8. The van der Waals surface area contributed by atoms with Crippen LogP contribution in [0.1, 0.15) is 19.8 Å². The number of carboxylic acids is 1. The predicted octanol–water partition coefficient (Wildman–Crippen LogP) is -2.19. The Morgan fingerprint density at radius 1 is 1.43 bits per heavy atom. The van der Waals surface area contributed by atoms with E-state index in [9.17, 15) is 19.8 Å². The predicted molar refractivity (Wildman–Crippen MR) is 75.9 cm³/mol. The van der Waals surface area contributed by atoms with E-state index in [-0.39, 0.29) is 12.8 Å². The van der Waals surface area contributed by atoms with Crippen LogP contribution in [-0.2, 0) is 19.1 Å². The number of carboxylic acid groups (broad SMARTS) is 1. The Kier molecular flexibility index (Phi) is 7.41. The number of ether oxygens (including phenoxy) is 2. The standard InChI is InChI=1S/C14H21NO8/c1-3-4-5-9(17)15-10-12(22-7(2)13(19)20)11(18)8(6-16)23-14(10)21/h1,7-8,10-12,14,16,18,21H,4-6H2,2H3,(H,15,17)(H,19,20)/t7-,8-,10-,11-,12-,14?/m1/s1. The van der Waals surface area contributed by atoms with Gasteiger partial charge in [0.25, 0.3) is 0 Å². The van der Waals surface area contributed by atoms with E-state index < -0.39 is 55.2 Å². The van der Waals surface area contributed by atoms with Crippen LogP contribution in [0.3, 0.4) is 0 Å². The van der Waals surface area contributed by atoms with E-state index in [1.165, 1.54) is 6.92 Å². The molecular weight excluding hydrogens is 310 g/mol. The molecule has 1 rings (SSSR count). The van der Waals surface area contributed by atoms with Crippen molar-refractivity contribution in [3.63, 3.8) is 0 Å². The fourth-order valence-electron chi connectivity index (χ4n) is 2.14. The highest BCUT2D eigenvalue weighted by Gasteiger charge is 2.47. The van der Waals surface area contributed by atoms with Crippen LogP contribution in [0.2, 0.25) is 0 Å². The van der Waals surface area contributed by atoms with Gasteiger partial charge in [-0.3, -0.25) is 4.79 Å². The maximum Gasteiger partial charge on any atom is 0.332 e. The molecule has 0 bridgehead atoms. The lowest BCUT2D eigenvalue weighted by molar-refractivity contribution is -0.267. The number of rotatable bonds is 7. The zero-order valence-corrected chi connectivity index (χ0v) is 12.6. The fraction of sp³-hybridized carbons (Fsp3) is 0.714. The Morgan fingerprint density at radius 3 is 2.61 bits per heavy atom. The van der Waals surface area contributed by atoms with Gasteiger partial charge in [-0.25, -0.2) is 4.79 Å². The first-order valence-electron chi connectivity index (χ1n) is 7.05. The lowest BCUT2D eigenvalue weighted by atomic mass is 9.96. The van der Waals surface area contributed by atoms with Crippen molar-refractivity contribution >= 4 is 11.9 Å². The first kappa shape index (κ1) is 19.3. The van der Waals surface area contributed by atoms with Gasteiger partial charge in [0.1, 0.15) is 24.4 Å². The van der Waals surface area contributed by atoms with Crippen LogP contribution in [0.15, 0.2) is 0 Å². The summed E-state index contributed by atoms with van der Waals surface area (Å²) < 4.78 is 10.2. The second-order valence-electron chi connectivity index (χ2n) is 5.12. The number of aliphatic hydroxyl groups is 3. The molecule has 23 heavy (non-hydrogen) atoms. The molecule has 0 radical (unpaired) electrons. The highest BCUT2D eigenvalue weighted by Crippen LogP contribution is 2.23. The van der Waals surface area contributed by atoms with Crippen molar-refractivity contribution in [2.24, 2.45) is 0 Å². The van der Waals surface area contributed by atoms with Gasteiger partial charge in [-0.2, -0.15) is 0 Å². The van der Waals surface area contributed by atoms with E-state index in [1.807, 2.05) is 0 Å². The Bertz CT molecular complexity index is 462. The van der Waals surface area contributed by atoms with Gasteiger partial charge in [0.15, 0.2) is 12.4 Å². The molecular formula is C14H21NO8. The minimum absolute atomic E-state index is 0.0134. The molecule has 6 atom stereocenters. The quantitative estimate of drug-likeness (QED) is 0.331. The Hall–Kier alpha value is -1.70. The maximum absolute atomic E-state index is 11.8. The van der Waals surface area contributed by atoms with Gasteiger partial charge in [-0.05, 0) is 6.92 Å². The van der Waals surface area contributed by atoms with Gasteiger partial charge in [0, 0.05) is 12.8 Å². The van der Waals surface area contributed by atoms with Crippen LogP contribution in [0.5, 0.6) is 0 Å². The summed E-state index contributed by atoms with van der Waals surface area (Å²) in [7, 11) is 0. The Labute approximate surface area is 133 Å². The van der Waals surface area contributed by atoms with Crippen molar-refractivity contribution in [3.05, 3.63) is 0 Å². The average molecular weight is 331 g/mol. The molecule has 1 heterocycles. The van der Waals surface area contributed by atoms with E-state index in [0.29, 0.717) is 0 Å². The van der Waals surface area contributed by atoms with Crippen molar-refractivity contribution in [3.8, 4) is 12.3 Å². The molecule has 1 amide bonds. The monoisotopic (exact) mass is 331 g/mol. The maximum atomic E-state index is 11.8. The number of aliphatic hydroxyl groups excluding tert-OH is 3. The van der Waals surface area contributed by atoms with Crippen LogP contribution < -0.4 is 5.32 Å². The number of terminal acetylenes is 1. The van der Waals surface area contributed by atoms with Crippen LogP contribution >= 0.6 is 0 Å².